The third-order valence-corrected chi connectivity index (χ3v) is 8.54. The molecule has 3 rings (SSSR count). The molecule has 0 radical (unpaired) electrons. The van der Waals surface area contributed by atoms with Crippen LogP contribution in [0.3, 0.4) is 0 Å². The first-order valence-electron chi connectivity index (χ1n) is 8.16. The minimum atomic E-state index is -1.83. The minimum Gasteiger partial charge on any atom is -0.185 e. The number of benzene rings is 3. The zero-order chi connectivity index (χ0) is 17.7. The Labute approximate surface area is 149 Å². The Morgan fingerprint density at radius 1 is 0.760 bits per heavy atom. The van der Waals surface area contributed by atoms with Crippen LogP contribution in [0.5, 0.6) is 0 Å². The van der Waals surface area contributed by atoms with Gasteiger partial charge in [0.1, 0.15) is 23.2 Å². The molecule has 3 aromatic carbocycles. The first-order chi connectivity index (χ1) is 12.2. The van der Waals surface area contributed by atoms with E-state index in [4.69, 9.17) is 5.53 Å². The number of nitrogens with one attached hydrogen (secondary N) is 1. The van der Waals surface area contributed by atoms with Crippen molar-refractivity contribution in [2.45, 2.75) is 6.92 Å². The lowest BCUT2D eigenvalue weighted by atomic mass is 10.1. The summed E-state index contributed by atoms with van der Waals surface area (Å²) in [5, 5.41) is 11.1. The summed E-state index contributed by atoms with van der Waals surface area (Å²) in [4.78, 5) is 0. The van der Waals surface area contributed by atoms with E-state index in [1.807, 2.05) is 13.0 Å². The molecule has 0 aliphatic heterocycles. The highest BCUT2D eigenvalue weighted by Crippen LogP contribution is 2.52. The average Bonchev–Trinajstić information content (AvgIpc) is 2.69. The predicted octanol–water partition coefficient (Wildman–Crippen LogP) is 4.37. The highest BCUT2D eigenvalue weighted by Gasteiger charge is 2.42. The van der Waals surface area contributed by atoms with Crippen molar-refractivity contribution >= 4 is 28.9 Å². The molecule has 3 nitrogen and oxygen atoms in total. The van der Waals surface area contributed by atoms with Crippen molar-refractivity contribution in [3.8, 4) is 0 Å². The van der Waals surface area contributed by atoms with Crippen molar-refractivity contribution < 1.29 is 0 Å². The van der Waals surface area contributed by atoms with Crippen LogP contribution in [0.25, 0.3) is 0 Å². The molecule has 0 aliphatic rings. The Morgan fingerprint density at radius 3 is 1.76 bits per heavy atom. The van der Waals surface area contributed by atoms with E-state index < -0.39 is 7.26 Å². The highest BCUT2D eigenvalue weighted by atomic mass is 31.2. The lowest BCUT2D eigenvalue weighted by Gasteiger charge is -2.25. The SMILES string of the molecule is C/C(=N\N=N)c1ccccc1[P+](C)(c1ccccc1)c1ccccc1. The van der Waals surface area contributed by atoms with Gasteiger partial charge in [-0.2, -0.15) is 5.53 Å². The number of nitrogens with zero attached hydrogens (tertiary/aromatic N) is 2. The summed E-state index contributed by atoms with van der Waals surface area (Å²) in [7, 11) is -1.83. The van der Waals surface area contributed by atoms with E-state index in [1.54, 1.807) is 0 Å². The van der Waals surface area contributed by atoms with Crippen LogP contribution in [0.15, 0.2) is 95.3 Å². The standard InChI is InChI=1S/C21H21N3P/c1-17(23-24-22)20-15-9-10-16-21(20)25(2,18-11-5-3-6-12-18)19-13-7-4-8-14-19/h3-16,22H,1-2H3/q+1/b23-17+,24-22?. The zero-order valence-electron chi connectivity index (χ0n) is 14.4. The van der Waals surface area contributed by atoms with Gasteiger partial charge in [0, 0.05) is 5.56 Å². The van der Waals surface area contributed by atoms with Gasteiger partial charge in [0.05, 0.1) is 12.4 Å². The van der Waals surface area contributed by atoms with E-state index in [0.29, 0.717) is 0 Å². The normalized spacial score (nSPS) is 12.0. The molecule has 25 heavy (non-hydrogen) atoms. The van der Waals surface area contributed by atoms with Gasteiger partial charge in [-0.15, -0.1) is 5.10 Å². The van der Waals surface area contributed by atoms with Gasteiger partial charge in [-0.3, -0.25) is 0 Å². The van der Waals surface area contributed by atoms with Crippen LogP contribution < -0.4 is 15.9 Å². The maximum absolute atomic E-state index is 7.08. The summed E-state index contributed by atoms with van der Waals surface area (Å²) in [5.74, 6) is 0. The maximum atomic E-state index is 7.08. The van der Waals surface area contributed by atoms with Crippen LogP contribution in [0.2, 0.25) is 0 Å². The topological polar surface area (TPSA) is 48.6 Å². The smallest absolute Gasteiger partial charge is 0.113 e. The molecule has 0 saturated heterocycles. The van der Waals surface area contributed by atoms with Crippen molar-refractivity contribution in [3.63, 3.8) is 0 Å². The molecule has 0 atom stereocenters. The summed E-state index contributed by atoms with van der Waals surface area (Å²) < 4.78 is 0. The summed E-state index contributed by atoms with van der Waals surface area (Å²) in [6.07, 6.45) is 0. The Kier molecular flexibility index (Phi) is 5.16. The van der Waals surface area contributed by atoms with Gasteiger partial charge in [0.25, 0.3) is 0 Å². The second-order valence-electron chi connectivity index (χ2n) is 5.98. The third-order valence-electron chi connectivity index (χ3n) is 4.52. The van der Waals surface area contributed by atoms with Crippen molar-refractivity contribution in [1.29, 1.82) is 5.53 Å². The predicted molar refractivity (Wildman–Crippen MR) is 108 cm³/mol. The monoisotopic (exact) mass is 346 g/mol. The molecule has 0 amide bonds. The van der Waals surface area contributed by atoms with Crippen LogP contribution >= 0.6 is 7.26 Å². The second kappa shape index (κ2) is 7.50. The van der Waals surface area contributed by atoms with Gasteiger partial charge in [-0.25, -0.2) is 0 Å². The van der Waals surface area contributed by atoms with E-state index in [2.05, 4.69) is 95.9 Å². The van der Waals surface area contributed by atoms with Gasteiger partial charge in [-0.05, 0) is 43.3 Å². The molecule has 4 heteroatoms. The van der Waals surface area contributed by atoms with Crippen LogP contribution in [-0.4, -0.2) is 12.4 Å². The van der Waals surface area contributed by atoms with Crippen molar-refractivity contribution in [2.24, 2.45) is 10.3 Å². The van der Waals surface area contributed by atoms with E-state index in [0.717, 1.165) is 11.3 Å². The summed E-state index contributed by atoms with van der Waals surface area (Å²) in [6.45, 7) is 4.26. The minimum absolute atomic E-state index is 0.767. The number of hydrogen-bond acceptors (Lipinski definition) is 2. The Bertz CT molecular complexity index is 850. The summed E-state index contributed by atoms with van der Waals surface area (Å²) in [6, 6.07) is 29.7. The van der Waals surface area contributed by atoms with E-state index in [-0.39, 0.29) is 0 Å². The van der Waals surface area contributed by atoms with Gasteiger partial charge >= 0.3 is 0 Å². The van der Waals surface area contributed by atoms with Gasteiger partial charge in [0.2, 0.25) is 0 Å². The largest absolute Gasteiger partial charge is 0.185 e. The van der Waals surface area contributed by atoms with Crippen molar-refractivity contribution in [2.75, 3.05) is 6.66 Å². The Hall–Kier alpha value is -2.64. The maximum Gasteiger partial charge on any atom is 0.113 e. The number of hydrogen-bond donors (Lipinski definition) is 1. The Balaban J connectivity index is 2.32. The lowest BCUT2D eigenvalue weighted by Crippen LogP contribution is -2.33. The molecule has 0 saturated carbocycles. The van der Waals surface area contributed by atoms with Gasteiger partial charge in [-0.1, -0.05) is 53.8 Å². The second-order valence-corrected chi connectivity index (χ2v) is 9.51. The third kappa shape index (κ3) is 3.29. The van der Waals surface area contributed by atoms with E-state index >= 15 is 0 Å². The van der Waals surface area contributed by atoms with Crippen LogP contribution in [0.1, 0.15) is 12.5 Å². The molecule has 0 spiro atoms. The van der Waals surface area contributed by atoms with Crippen molar-refractivity contribution in [3.05, 3.63) is 90.5 Å². The molecular formula is C21H21N3P+. The Morgan fingerprint density at radius 2 is 1.24 bits per heavy atom. The average molecular weight is 346 g/mol. The first-order valence-corrected chi connectivity index (χ1v) is 10.4. The molecule has 0 bridgehead atoms. The fourth-order valence-corrected chi connectivity index (χ4v) is 6.67. The first kappa shape index (κ1) is 17.2. The summed E-state index contributed by atoms with van der Waals surface area (Å²) in [5.41, 5.74) is 8.91. The summed E-state index contributed by atoms with van der Waals surface area (Å²) >= 11 is 0. The lowest BCUT2D eigenvalue weighted by molar-refractivity contribution is 0.988. The molecule has 0 fully saturated rings. The highest BCUT2D eigenvalue weighted by molar-refractivity contribution is 7.95. The fourth-order valence-electron chi connectivity index (χ4n) is 3.18. The van der Waals surface area contributed by atoms with Crippen LogP contribution in [-0.2, 0) is 0 Å². The molecular weight excluding hydrogens is 325 g/mol. The van der Waals surface area contributed by atoms with Gasteiger partial charge in [0.15, 0.2) is 0 Å². The molecule has 124 valence electrons. The zero-order valence-corrected chi connectivity index (χ0v) is 15.3. The number of rotatable bonds is 5. The van der Waals surface area contributed by atoms with Gasteiger partial charge < -0.3 is 0 Å². The molecule has 0 aliphatic carbocycles. The van der Waals surface area contributed by atoms with Crippen LogP contribution in [0.4, 0.5) is 0 Å². The van der Waals surface area contributed by atoms with E-state index in [9.17, 15) is 0 Å². The van der Waals surface area contributed by atoms with Crippen molar-refractivity contribution in [1.82, 2.24) is 0 Å². The fraction of sp³-hybridized carbons (Fsp3) is 0.0952. The molecule has 0 unspecified atom stereocenters. The molecule has 1 N–H and O–H groups in total. The molecule has 0 aromatic heterocycles. The quantitative estimate of drug-likeness (QED) is 0.309. The van der Waals surface area contributed by atoms with E-state index in [1.165, 1.54) is 15.9 Å². The van der Waals surface area contributed by atoms with Crippen LogP contribution in [0, 0.1) is 5.53 Å². The molecule has 3 aromatic rings. The molecule has 0 heterocycles.